The number of carbonyl (C=O) groups is 1. The van der Waals surface area contributed by atoms with Gasteiger partial charge in [0.25, 0.3) is 10.0 Å². The molecule has 11 heteroatoms. The number of nitrogens with one attached hydrogen (secondary N) is 2. The number of carbonyl (C=O) groups excluding carboxylic acids is 1. The number of hydrogen-bond acceptors (Lipinski definition) is 8. The van der Waals surface area contributed by atoms with Crippen molar-refractivity contribution in [2.24, 2.45) is 0 Å². The summed E-state index contributed by atoms with van der Waals surface area (Å²) in [7, 11) is -0.904. The van der Waals surface area contributed by atoms with Crippen molar-refractivity contribution >= 4 is 32.4 Å². The fourth-order valence-electron chi connectivity index (χ4n) is 2.04. The molecule has 0 unspecified atom stereocenters. The Morgan fingerprint density at radius 2 is 1.96 bits per heavy atom. The van der Waals surface area contributed by atoms with Gasteiger partial charge in [-0.1, -0.05) is 11.3 Å². The molecule has 2 aromatic rings. The van der Waals surface area contributed by atoms with Crippen molar-refractivity contribution in [2.45, 2.75) is 24.2 Å². The van der Waals surface area contributed by atoms with Crippen molar-refractivity contribution < 1.29 is 22.7 Å². The van der Waals surface area contributed by atoms with Crippen LogP contribution in [0.1, 0.15) is 25.5 Å². The van der Waals surface area contributed by atoms with Crippen LogP contribution in [-0.2, 0) is 14.8 Å². The van der Waals surface area contributed by atoms with Crippen molar-refractivity contribution in [3.8, 4) is 11.5 Å². The average molecular weight is 386 g/mol. The number of benzene rings is 1. The maximum atomic E-state index is 12.5. The van der Waals surface area contributed by atoms with Crippen LogP contribution in [0.4, 0.5) is 5.13 Å². The van der Waals surface area contributed by atoms with Crippen molar-refractivity contribution in [3.63, 3.8) is 0 Å². The summed E-state index contributed by atoms with van der Waals surface area (Å²) in [4.78, 5) is 11.0. The van der Waals surface area contributed by atoms with Crippen molar-refractivity contribution in [1.29, 1.82) is 0 Å². The molecule has 1 heterocycles. The first-order valence-corrected chi connectivity index (χ1v) is 9.42. The van der Waals surface area contributed by atoms with Crippen LogP contribution in [0.25, 0.3) is 0 Å². The minimum atomic E-state index is -3.92. The Labute approximate surface area is 149 Å². The molecule has 0 fully saturated rings. The van der Waals surface area contributed by atoms with E-state index < -0.39 is 16.1 Å². The number of rotatable bonds is 7. The molecule has 1 aromatic heterocycles. The summed E-state index contributed by atoms with van der Waals surface area (Å²) >= 11 is 0.762. The lowest BCUT2D eigenvalue weighted by atomic mass is 10.1. The zero-order valence-electron chi connectivity index (χ0n) is 14.1. The largest absolute Gasteiger partial charge is 0.497 e. The van der Waals surface area contributed by atoms with Gasteiger partial charge in [-0.25, -0.2) is 13.1 Å². The standard InChI is InChI=1S/C14H18N4O5S2/c1-8(11-7-10(22-3)5-6-12(11)23-4)18-25(20,21)14-17-16-13(24-14)15-9(2)19/h5-8,18H,1-4H3,(H,15,16,19)/t8-/m0/s1. The van der Waals surface area contributed by atoms with E-state index >= 15 is 0 Å². The van der Waals surface area contributed by atoms with Gasteiger partial charge in [-0.15, -0.1) is 10.2 Å². The molecular weight excluding hydrogens is 368 g/mol. The van der Waals surface area contributed by atoms with Crippen molar-refractivity contribution in [1.82, 2.24) is 14.9 Å². The van der Waals surface area contributed by atoms with E-state index in [1.807, 2.05) is 0 Å². The molecule has 0 spiro atoms. The molecule has 0 aliphatic carbocycles. The SMILES string of the molecule is COc1ccc(OC)c([C@H](C)NS(=O)(=O)c2nnc(NC(C)=O)s2)c1. The van der Waals surface area contributed by atoms with Gasteiger partial charge >= 0.3 is 0 Å². The van der Waals surface area contributed by atoms with E-state index in [1.165, 1.54) is 21.1 Å². The van der Waals surface area contributed by atoms with Gasteiger partial charge < -0.3 is 14.8 Å². The number of anilines is 1. The van der Waals surface area contributed by atoms with Gasteiger partial charge in [0.1, 0.15) is 11.5 Å². The number of amides is 1. The van der Waals surface area contributed by atoms with Crippen LogP contribution in [0.15, 0.2) is 22.5 Å². The summed E-state index contributed by atoms with van der Waals surface area (Å²) in [5.74, 6) is 0.737. The predicted octanol–water partition coefficient (Wildman–Crippen LogP) is 1.55. The molecule has 0 radical (unpaired) electrons. The third-order valence-corrected chi connectivity index (χ3v) is 5.90. The van der Waals surface area contributed by atoms with E-state index in [0.29, 0.717) is 17.1 Å². The highest BCUT2D eigenvalue weighted by molar-refractivity contribution is 7.91. The number of hydrogen-bond donors (Lipinski definition) is 2. The molecule has 25 heavy (non-hydrogen) atoms. The highest BCUT2D eigenvalue weighted by Gasteiger charge is 2.25. The molecule has 1 amide bonds. The highest BCUT2D eigenvalue weighted by atomic mass is 32.2. The van der Waals surface area contributed by atoms with Crippen LogP contribution >= 0.6 is 11.3 Å². The lowest BCUT2D eigenvalue weighted by Gasteiger charge is -2.17. The molecule has 1 atom stereocenters. The smallest absolute Gasteiger partial charge is 0.270 e. The van der Waals surface area contributed by atoms with Crippen LogP contribution in [0.2, 0.25) is 0 Å². The van der Waals surface area contributed by atoms with E-state index in [4.69, 9.17) is 9.47 Å². The molecule has 2 rings (SSSR count). The minimum Gasteiger partial charge on any atom is -0.497 e. The normalized spacial score (nSPS) is 12.5. The molecule has 9 nitrogen and oxygen atoms in total. The zero-order valence-corrected chi connectivity index (χ0v) is 15.7. The molecule has 0 bridgehead atoms. The quantitative estimate of drug-likeness (QED) is 0.693. The predicted molar refractivity (Wildman–Crippen MR) is 92.5 cm³/mol. The molecule has 0 saturated carbocycles. The summed E-state index contributed by atoms with van der Waals surface area (Å²) in [5.41, 5.74) is 0.608. The molecule has 0 aliphatic heterocycles. The van der Waals surface area contributed by atoms with Gasteiger partial charge in [-0.2, -0.15) is 0 Å². The number of aromatic nitrogens is 2. The van der Waals surface area contributed by atoms with E-state index in [0.717, 1.165) is 11.3 Å². The lowest BCUT2D eigenvalue weighted by Crippen LogP contribution is -2.27. The second-order valence-corrected chi connectivity index (χ2v) is 7.87. The second kappa shape index (κ2) is 7.76. The van der Waals surface area contributed by atoms with E-state index in [9.17, 15) is 13.2 Å². The van der Waals surface area contributed by atoms with Gasteiger partial charge in [0.05, 0.1) is 14.2 Å². The number of ether oxygens (including phenoxy) is 2. The highest BCUT2D eigenvalue weighted by Crippen LogP contribution is 2.30. The van der Waals surface area contributed by atoms with E-state index in [2.05, 4.69) is 20.2 Å². The summed E-state index contributed by atoms with van der Waals surface area (Å²) in [6.07, 6.45) is 0. The van der Waals surface area contributed by atoms with Gasteiger partial charge in [0.2, 0.25) is 15.4 Å². The summed E-state index contributed by atoms with van der Waals surface area (Å²) in [6, 6.07) is 4.49. The maximum Gasteiger partial charge on any atom is 0.270 e. The molecule has 136 valence electrons. The van der Waals surface area contributed by atoms with Gasteiger partial charge in [0.15, 0.2) is 0 Å². The number of nitrogens with zero attached hydrogens (tertiary/aromatic N) is 2. The molecule has 1 aromatic carbocycles. The Hall–Kier alpha value is -2.24. The van der Waals surface area contributed by atoms with Crippen LogP contribution in [0.5, 0.6) is 11.5 Å². The maximum absolute atomic E-state index is 12.5. The van der Waals surface area contributed by atoms with Crippen LogP contribution in [0, 0.1) is 0 Å². The molecule has 0 aliphatic rings. The second-order valence-electron chi connectivity index (χ2n) is 5.01. The average Bonchev–Trinajstić information content (AvgIpc) is 3.02. The van der Waals surface area contributed by atoms with Crippen LogP contribution in [0.3, 0.4) is 0 Å². The van der Waals surface area contributed by atoms with E-state index in [-0.39, 0.29) is 15.4 Å². The third-order valence-electron chi connectivity index (χ3n) is 3.15. The fourth-order valence-corrected chi connectivity index (χ4v) is 4.23. The van der Waals surface area contributed by atoms with Gasteiger partial charge in [-0.05, 0) is 25.1 Å². The Bertz CT molecular complexity index is 866. The number of methoxy groups -OCH3 is 2. The van der Waals surface area contributed by atoms with Crippen LogP contribution < -0.4 is 19.5 Å². The van der Waals surface area contributed by atoms with E-state index in [1.54, 1.807) is 25.1 Å². The zero-order chi connectivity index (χ0) is 18.6. The minimum absolute atomic E-state index is 0.111. The summed E-state index contributed by atoms with van der Waals surface area (Å²) in [6.45, 7) is 2.97. The van der Waals surface area contributed by atoms with Crippen LogP contribution in [-0.4, -0.2) is 38.7 Å². The van der Waals surface area contributed by atoms with Crippen molar-refractivity contribution in [3.05, 3.63) is 23.8 Å². The molecule has 2 N–H and O–H groups in total. The number of sulfonamides is 1. The Morgan fingerprint density at radius 3 is 2.56 bits per heavy atom. The lowest BCUT2D eigenvalue weighted by molar-refractivity contribution is -0.114. The topological polar surface area (TPSA) is 120 Å². The van der Waals surface area contributed by atoms with Crippen molar-refractivity contribution in [2.75, 3.05) is 19.5 Å². The molecular formula is C14H18N4O5S2. The Morgan fingerprint density at radius 1 is 1.24 bits per heavy atom. The first-order chi connectivity index (χ1) is 11.8. The molecule has 0 saturated heterocycles. The fraction of sp³-hybridized carbons (Fsp3) is 0.357. The van der Waals surface area contributed by atoms with Gasteiger partial charge in [0, 0.05) is 18.5 Å². The Balaban J connectivity index is 2.25. The first-order valence-electron chi connectivity index (χ1n) is 7.12. The first kappa shape index (κ1) is 19.1. The third kappa shape index (κ3) is 4.65. The van der Waals surface area contributed by atoms with Gasteiger partial charge in [-0.3, -0.25) is 4.79 Å². The Kier molecular flexibility index (Phi) is 5.93. The summed E-state index contributed by atoms with van der Waals surface area (Å²) < 4.78 is 37.7. The summed E-state index contributed by atoms with van der Waals surface area (Å²) in [5, 5.41) is 9.75. The monoisotopic (exact) mass is 386 g/mol.